The SMILES string of the molecule is N#Cc1cc(C#N)cc(-c2ccc3c(c2)c2ccccc2n3-c2cc(-c3cc(C(F)(F)F)cc(C(F)(F)F)c3)cc(-n3c4ccccc4c4cc(-c5cc(C#N)cc(C#N)c5)ccc43)c2C#N)c1. The molecule has 2 aromatic heterocycles. The highest BCUT2D eigenvalue weighted by Crippen LogP contribution is 2.44. The van der Waals surface area contributed by atoms with Gasteiger partial charge in [-0.05, 0) is 137 Å². The van der Waals surface area contributed by atoms with Gasteiger partial charge in [-0.1, -0.05) is 48.5 Å². The molecule has 68 heavy (non-hydrogen) atoms. The zero-order valence-electron chi connectivity index (χ0n) is 34.8. The second kappa shape index (κ2) is 15.8. The van der Waals surface area contributed by atoms with E-state index in [1.807, 2.05) is 24.3 Å². The maximum absolute atomic E-state index is 14.5. The number of fused-ring (bicyclic) bond motifs is 6. The molecule has 0 radical (unpaired) electrons. The summed E-state index contributed by atoms with van der Waals surface area (Å²) >= 11 is 0. The van der Waals surface area contributed by atoms with Gasteiger partial charge in [-0.3, -0.25) is 0 Å². The van der Waals surface area contributed by atoms with Gasteiger partial charge in [0, 0.05) is 21.5 Å². The van der Waals surface area contributed by atoms with Crippen molar-refractivity contribution in [3.63, 3.8) is 0 Å². The van der Waals surface area contributed by atoms with Crippen molar-refractivity contribution >= 4 is 43.6 Å². The first-order valence-corrected chi connectivity index (χ1v) is 20.6. The Morgan fingerprint density at radius 1 is 0.324 bits per heavy atom. The molecule has 0 aliphatic carbocycles. The topological polar surface area (TPSA) is 129 Å². The summed E-state index contributed by atoms with van der Waals surface area (Å²) < 4.78 is 90.3. The smallest absolute Gasteiger partial charge is 0.308 e. The molecule has 2 heterocycles. The zero-order chi connectivity index (χ0) is 47.6. The Bertz CT molecular complexity index is 3710. The molecule has 0 fully saturated rings. The zero-order valence-corrected chi connectivity index (χ0v) is 34.8. The molecular formula is C55H25F6N7. The average Bonchev–Trinajstić information content (AvgIpc) is 3.86. The van der Waals surface area contributed by atoms with Gasteiger partial charge in [-0.15, -0.1) is 0 Å². The van der Waals surface area contributed by atoms with Crippen molar-refractivity contribution in [2.45, 2.75) is 12.4 Å². The van der Waals surface area contributed by atoms with Crippen LogP contribution in [0.2, 0.25) is 0 Å². The van der Waals surface area contributed by atoms with Crippen molar-refractivity contribution < 1.29 is 26.3 Å². The van der Waals surface area contributed by atoms with E-state index in [4.69, 9.17) is 0 Å². The summed E-state index contributed by atoms with van der Waals surface area (Å²) in [4.78, 5) is 0. The highest BCUT2D eigenvalue weighted by molar-refractivity contribution is 6.12. The molecular weight excluding hydrogens is 873 g/mol. The molecule has 7 nitrogen and oxygen atoms in total. The summed E-state index contributed by atoms with van der Waals surface area (Å²) in [6, 6.07) is 49.7. The van der Waals surface area contributed by atoms with Crippen LogP contribution in [-0.4, -0.2) is 9.13 Å². The highest BCUT2D eigenvalue weighted by Gasteiger charge is 2.37. The third kappa shape index (κ3) is 7.07. The summed E-state index contributed by atoms with van der Waals surface area (Å²) in [6.07, 6.45) is -10.3. The Morgan fingerprint density at radius 3 is 1.04 bits per heavy atom. The largest absolute Gasteiger partial charge is 0.416 e. The molecule has 0 atom stereocenters. The van der Waals surface area contributed by atoms with Gasteiger partial charge >= 0.3 is 12.4 Å². The van der Waals surface area contributed by atoms with Crippen LogP contribution in [0.5, 0.6) is 0 Å². The number of alkyl halides is 6. The van der Waals surface area contributed by atoms with Crippen LogP contribution in [0.1, 0.15) is 38.9 Å². The molecule has 0 amide bonds. The van der Waals surface area contributed by atoms with Crippen molar-refractivity contribution in [3.05, 3.63) is 191 Å². The first-order valence-electron chi connectivity index (χ1n) is 20.6. The number of para-hydroxylation sites is 2. The molecule has 13 heteroatoms. The Kier molecular flexibility index (Phi) is 9.85. The summed E-state index contributed by atoms with van der Waals surface area (Å²) in [7, 11) is 0. The van der Waals surface area contributed by atoms with Gasteiger partial charge in [0.2, 0.25) is 0 Å². The minimum Gasteiger partial charge on any atom is -0.308 e. The van der Waals surface area contributed by atoms with Crippen LogP contribution in [0, 0.1) is 56.7 Å². The van der Waals surface area contributed by atoms with E-state index in [-0.39, 0.29) is 50.8 Å². The number of nitriles is 5. The molecule has 10 aromatic rings. The van der Waals surface area contributed by atoms with Crippen LogP contribution >= 0.6 is 0 Å². The maximum atomic E-state index is 14.5. The molecule has 0 bridgehead atoms. The third-order valence-electron chi connectivity index (χ3n) is 12.0. The maximum Gasteiger partial charge on any atom is 0.416 e. The van der Waals surface area contributed by atoms with Crippen LogP contribution in [-0.2, 0) is 12.4 Å². The normalized spacial score (nSPS) is 11.6. The van der Waals surface area contributed by atoms with E-state index in [1.165, 1.54) is 24.3 Å². The van der Waals surface area contributed by atoms with Gasteiger partial charge in [0.15, 0.2) is 0 Å². The van der Waals surface area contributed by atoms with Crippen molar-refractivity contribution in [1.29, 1.82) is 26.3 Å². The van der Waals surface area contributed by atoms with Gasteiger partial charge in [-0.2, -0.15) is 52.7 Å². The predicted molar refractivity (Wildman–Crippen MR) is 245 cm³/mol. The molecule has 322 valence electrons. The Morgan fingerprint density at radius 2 is 0.676 bits per heavy atom. The molecule has 0 spiro atoms. The predicted octanol–water partition coefficient (Wildman–Crippen LogP) is 14.3. The van der Waals surface area contributed by atoms with E-state index in [1.54, 1.807) is 94.1 Å². The van der Waals surface area contributed by atoms with Gasteiger partial charge in [0.1, 0.15) is 11.6 Å². The van der Waals surface area contributed by atoms with E-state index in [2.05, 4.69) is 30.3 Å². The lowest BCUT2D eigenvalue weighted by Crippen LogP contribution is -2.11. The van der Waals surface area contributed by atoms with Crippen LogP contribution in [0.25, 0.3) is 88.4 Å². The molecule has 8 aromatic carbocycles. The van der Waals surface area contributed by atoms with E-state index < -0.39 is 29.0 Å². The first kappa shape index (κ1) is 42.3. The number of benzene rings is 8. The van der Waals surface area contributed by atoms with E-state index in [0.29, 0.717) is 78.0 Å². The second-order valence-corrected chi connectivity index (χ2v) is 16.0. The fourth-order valence-electron chi connectivity index (χ4n) is 9.04. The fraction of sp³-hybridized carbons (Fsp3) is 0.0364. The quantitative estimate of drug-likeness (QED) is 0.159. The standard InChI is InChI=1S/C55H25F6N7/c56-54(57,58)41-19-39(20-42(25-41)55(59,60)61)40-23-52(67-48-7-3-1-5-43(48)45-21-35(9-11-50(45)67)37-15-31(26-62)13-32(16-37)27-63)47(30-66)53(24-40)68-49-8-4-2-6-44(49)46-22-36(10-12-51(46)68)38-17-33(28-64)14-34(18-38)29-65/h1-25H. The molecule has 0 saturated carbocycles. The fourth-order valence-corrected chi connectivity index (χ4v) is 9.04. The molecule has 0 N–H and O–H groups in total. The van der Waals surface area contributed by atoms with Crippen molar-refractivity contribution in [1.82, 2.24) is 9.13 Å². The first-order chi connectivity index (χ1) is 32.7. The lowest BCUT2D eigenvalue weighted by Gasteiger charge is -2.20. The number of nitrogens with zero attached hydrogens (tertiary/aromatic N) is 7. The van der Waals surface area contributed by atoms with Crippen molar-refractivity contribution in [3.8, 4) is 75.1 Å². The summed E-state index contributed by atoms with van der Waals surface area (Å²) in [5.74, 6) is 0. The summed E-state index contributed by atoms with van der Waals surface area (Å²) in [5, 5.41) is 52.9. The second-order valence-electron chi connectivity index (χ2n) is 16.0. The monoisotopic (exact) mass is 897 g/mol. The van der Waals surface area contributed by atoms with Crippen molar-refractivity contribution in [2.75, 3.05) is 0 Å². The number of halogens is 6. The summed E-state index contributed by atoms with van der Waals surface area (Å²) in [5.41, 5.74) is 2.65. The molecule has 0 saturated heterocycles. The molecule has 10 rings (SSSR count). The molecule has 0 aliphatic heterocycles. The van der Waals surface area contributed by atoms with Crippen LogP contribution in [0.15, 0.2) is 152 Å². The van der Waals surface area contributed by atoms with Gasteiger partial charge in [0.25, 0.3) is 0 Å². The van der Waals surface area contributed by atoms with E-state index in [9.17, 15) is 52.7 Å². The number of aromatic nitrogens is 2. The van der Waals surface area contributed by atoms with Gasteiger partial charge < -0.3 is 9.13 Å². The summed E-state index contributed by atoms with van der Waals surface area (Å²) in [6.45, 7) is 0. The van der Waals surface area contributed by atoms with Crippen molar-refractivity contribution in [2.24, 2.45) is 0 Å². The number of hydrogen-bond donors (Lipinski definition) is 0. The Balaban J connectivity index is 1.31. The number of hydrogen-bond acceptors (Lipinski definition) is 5. The van der Waals surface area contributed by atoms with Crippen LogP contribution < -0.4 is 0 Å². The minimum absolute atomic E-state index is 0.0380. The third-order valence-corrected chi connectivity index (χ3v) is 12.0. The lowest BCUT2D eigenvalue weighted by molar-refractivity contribution is -0.143. The Hall–Kier alpha value is -9.61. The Labute approximate surface area is 382 Å². The minimum atomic E-state index is -5.15. The van der Waals surface area contributed by atoms with Crippen LogP contribution in [0.4, 0.5) is 26.3 Å². The lowest BCUT2D eigenvalue weighted by atomic mass is 9.96. The van der Waals surface area contributed by atoms with Gasteiger partial charge in [-0.25, -0.2) is 0 Å². The highest BCUT2D eigenvalue weighted by atomic mass is 19.4. The molecule has 0 unspecified atom stereocenters. The number of rotatable bonds is 5. The van der Waals surface area contributed by atoms with E-state index in [0.717, 1.165) is 0 Å². The molecule has 0 aliphatic rings. The van der Waals surface area contributed by atoms with Crippen LogP contribution in [0.3, 0.4) is 0 Å². The van der Waals surface area contributed by atoms with E-state index >= 15 is 0 Å². The average molecular weight is 898 g/mol. The van der Waals surface area contributed by atoms with Gasteiger partial charge in [0.05, 0.1) is 91.1 Å².